The van der Waals surface area contributed by atoms with E-state index >= 15 is 0 Å². The minimum atomic E-state index is -3.25. The number of hydrogen-bond donors (Lipinski definition) is 0. The van der Waals surface area contributed by atoms with Crippen LogP contribution in [0.1, 0.15) is 5.56 Å². The van der Waals surface area contributed by atoms with E-state index < -0.39 is 7.60 Å². The monoisotopic (exact) mass is 274 g/mol. The van der Waals surface area contributed by atoms with Gasteiger partial charge in [0.1, 0.15) is 6.16 Å². The second-order valence-electron chi connectivity index (χ2n) is 3.42. The Bertz CT molecular complexity index is 422. The summed E-state index contributed by atoms with van der Waals surface area (Å²) in [5.41, 5.74) is 1.13. The van der Waals surface area contributed by atoms with Crippen LogP contribution in [0.25, 0.3) is 0 Å². The lowest BCUT2D eigenvalue weighted by Gasteiger charge is -2.11. The first kappa shape index (κ1) is 14.5. The SMILES string of the molecule is COP(=O)(CC(=O)Sc1ccc(C)cc1)OC. The lowest BCUT2D eigenvalue weighted by Crippen LogP contribution is -2.03. The number of carbonyl (C=O) groups excluding carboxylic acids is 1. The van der Waals surface area contributed by atoms with Gasteiger partial charge < -0.3 is 9.05 Å². The summed E-state index contributed by atoms with van der Waals surface area (Å²) < 4.78 is 21.2. The van der Waals surface area contributed by atoms with Crippen LogP contribution in [0.5, 0.6) is 0 Å². The number of benzene rings is 1. The van der Waals surface area contributed by atoms with Crippen LogP contribution in [0, 0.1) is 6.92 Å². The van der Waals surface area contributed by atoms with Crippen LogP contribution < -0.4 is 0 Å². The van der Waals surface area contributed by atoms with Crippen molar-refractivity contribution < 1.29 is 18.4 Å². The van der Waals surface area contributed by atoms with Crippen molar-refractivity contribution in [3.8, 4) is 0 Å². The molecule has 0 radical (unpaired) electrons. The van der Waals surface area contributed by atoms with Crippen molar-refractivity contribution in [3.05, 3.63) is 29.8 Å². The summed E-state index contributed by atoms with van der Waals surface area (Å²) in [7, 11) is -0.710. The molecule has 94 valence electrons. The Kier molecular flexibility index (Phi) is 5.40. The van der Waals surface area contributed by atoms with Gasteiger partial charge in [0.05, 0.1) is 0 Å². The summed E-state index contributed by atoms with van der Waals surface area (Å²) in [6.45, 7) is 1.97. The lowest BCUT2D eigenvalue weighted by molar-refractivity contribution is -0.109. The van der Waals surface area contributed by atoms with Crippen LogP contribution in [-0.2, 0) is 18.4 Å². The molecule has 0 bridgehead atoms. The molecule has 1 aromatic rings. The Morgan fingerprint density at radius 2 is 1.76 bits per heavy atom. The fraction of sp³-hybridized carbons (Fsp3) is 0.364. The molecule has 0 aliphatic heterocycles. The van der Waals surface area contributed by atoms with E-state index in [-0.39, 0.29) is 11.3 Å². The molecule has 0 aliphatic rings. The van der Waals surface area contributed by atoms with E-state index in [0.717, 1.165) is 22.2 Å². The van der Waals surface area contributed by atoms with Crippen LogP contribution in [0.15, 0.2) is 29.2 Å². The van der Waals surface area contributed by atoms with Gasteiger partial charge >= 0.3 is 7.60 Å². The average molecular weight is 274 g/mol. The van der Waals surface area contributed by atoms with E-state index in [0.29, 0.717) is 0 Å². The van der Waals surface area contributed by atoms with E-state index in [1.165, 1.54) is 14.2 Å². The highest BCUT2D eigenvalue weighted by Gasteiger charge is 2.25. The number of carbonyl (C=O) groups is 1. The van der Waals surface area contributed by atoms with E-state index in [9.17, 15) is 9.36 Å². The molecule has 0 unspecified atom stereocenters. The predicted molar refractivity (Wildman–Crippen MR) is 68.5 cm³/mol. The molecule has 0 amide bonds. The maximum atomic E-state index is 11.7. The molecule has 0 N–H and O–H groups in total. The first-order valence-corrected chi connectivity index (χ1v) is 7.51. The number of rotatable bonds is 5. The fourth-order valence-electron chi connectivity index (χ4n) is 1.13. The second kappa shape index (κ2) is 6.36. The van der Waals surface area contributed by atoms with Gasteiger partial charge in [-0.1, -0.05) is 29.5 Å². The number of aryl methyl sites for hydroxylation is 1. The predicted octanol–water partition coefficient (Wildman–Crippen LogP) is 3.10. The van der Waals surface area contributed by atoms with Crippen molar-refractivity contribution in [2.45, 2.75) is 11.8 Å². The largest absolute Gasteiger partial charge is 0.338 e. The minimum Gasteiger partial charge on any atom is -0.312 e. The van der Waals surface area contributed by atoms with Crippen LogP contribution in [0.3, 0.4) is 0 Å². The van der Waals surface area contributed by atoms with E-state index in [2.05, 4.69) is 0 Å². The molecule has 0 aromatic heterocycles. The van der Waals surface area contributed by atoms with Gasteiger partial charge in [-0.15, -0.1) is 0 Å². The van der Waals surface area contributed by atoms with E-state index in [4.69, 9.17) is 9.05 Å². The molecule has 0 saturated carbocycles. The van der Waals surface area contributed by atoms with Crippen molar-refractivity contribution in [3.63, 3.8) is 0 Å². The van der Waals surface area contributed by atoms with Crippen molar-refractivity contribution in [2.75, 3.05) is 20.4 Å². The van der Waals surface area contributed by atoms with Gasteiger partial charge in [0.25, 0.3) is 0 Å². The van der Waals surface area contributed by atoms with Crippen LogP contribution in [0.4, 0.5) is 0 Å². The molecule has 0 saturated heterocycles. The van der Waals surface area contributed by atoms with Gasteiger partial charge in [0.2, 0.25) is 5.12 Å². The van der Waals surface area contributed by atoms with Gasteiger partial charge in [0.15, 0.2) is 0 Å². The molecular formula is C11H15O4PS. The van der Waals surface area contributed by atoms with Gasteiger partial charge in [-0.3, -0.25) is 9.36 Å². The van der Waals surface area contributed by atoms with Crippen LogP contribution in [-0.4, -0.2) is 25.5 Å². The zero-order chi connectivity index (χ0) is 12.9. The van der Waals surface area contributed by atoms with Crippen LogP contribution in [0.2, 0.25) is 0 Å². The Balaban J connectivity index is 2.61. The molecular weight excluding hydrogens is 259 g/mol. The molecule has 4 nitrogen and oxygen atoms in total. The Morgan fingerprint density at radius 3 is 2.24 bits per heavy atom. The van der Waals surface area contributed by atoms with Gasteiger partial charge in [-0.2, -0.15) is 0 Å². The normalized spacial score (nSPS) is 11.5. The maximum absolute atomic E-state index is 11.7. The highest BCUT2D eigenvalue weighted by molar-refractivity contribution is 8.14. The molecule has 0 aliphatic carbocycles. The summed E-state index contributed by atoms with van der Waals surface area (Å²) in [5, 5.41) is -0.235. The molecule has 0 fully saturated rings. The maximum Gasteiger partial charge on any atom is 0.338 e. The van der Waals surface area contributed by atoms with E-state index in [1.54, 1.807) is 0 Å². The minimum absolute atomic E-state index is 0.224. The van der Waals surface area contributed by atoms with Crippen molar-refractivity contribution in [1.82, 2.24) is 0 Å². The van der Waals surface area contributed by atoms with Crippen molar-refractivity contribution in [1.29, 1.82) is 0 Å². The Hall–Kier alpha value is -0.610. The van der Waals surface area contributed by atoms with Crippen molar-refractivity contribution in [2.24, 2.45) is 0 Å². The summed E-state index contributed by atoms with van der Waals surface area (Å²) in [4.78, 5) is 12.5. The van der Waals surface area contributed by atoms with Gasteiger partial charge in [0, 0.05) is 19.1 Å². The summed E-state index contributed by atoms with van der Waals surface area (Å²) in [6.07, 6.45) is -0.224. The van der Waals surface area contributed by atoms with E-state index in [1.807, 2.05) is 31.2 Å². The summed E-state index contributed by atoms with van der Waals surface area (Å²) in [5.74, 6) is 0. The average Bonchev–Trinajstić information content (AvgIpc) is 2.32. The Morgan fingerprint density at radius 1 is 1.24 bits per heavy atom. The van der Waals surface area contributed by atoms with Crippen molar-refractivity contribution >= 4 is 24.5 Å². The summed E-state index contributed by atoms with van der Waals surface area (Å²) in [6, 6.07) is 7.54. The Labute approximate surface area is 105 Å². The third-order valence-corrected chi connectivity index (χ3v) is 5.01. The smallest absolute Gasteiger partial charge is 0.312 e. The molecule has 1 rings (SSSR count). The lowest BCUT2D eigenvalue weighted by atomic mass is 10.2. The molecule has 6 heteroatoms. The molecule has 17 heavy (non-hydrogen) atoms. The topological polar surface area (TPSA) is 52.6 Å². The molecule has 1 aromatic carbocycles. The fourth-order valence-corrected chi connectivity index (χ4v) is 3.12. The summed E-state index contributed by atoms with van der Waals surface area (Å²) >= 11 is 1.04. The first-order chi connectivity index (χ1) is 7.99. The number of hydrogen-bond acceptors (Lipinski definition) is 5. The third kappa shape index (κ3) is 4.64. The standard InChI is InChI=1S/C11H15O4PS/c1-9-4-6-10(7-5-9)17-11(12)8-16(13,14-2)15-3/h4-7H,8H2,1-3H3. The van der Waals surface area contributed by atoms with Crippen LogP contribution >= 0.6 is 19.4 Å². The molecule has 0 atom stereocenters. The molecule has 0 heterocycles. The van der Waals surface area contributed by atoms with Gasteiger partial charge in [-0.05, 0) is 19.1 Å². The molecule has 0 spiro atoms. The quantitative estimate of drug-likeness (QED) is 0.610. The van der Waals surface area contributed by atoms with Gasteiger partial charge in [-0.25, -0.2) is 0 Å². The second-order valence-corrected chi connectivity index (χ2v) is 6.82. The highest BCUT2D eigenvalue weighted by Crippen LogP contribution is 2.47. The first-order valence-electron chi connectivity index (χ1n) is 4.97. The zero-order valence-electron chi connectivity index (χ0n) is 10.0. The number of thioether (sulfide) groups is 1. The third-order valence-electron chi connectivity index (χ3n) is 2.13. The highest BCUT2D eigenvalue weighted by atomic mass is 32.2. The zero-order valence-corrected chi connectivity index (χ0v) is 11.7.